The molecule has 0 saturated carbocycles. The smallest absolute Gasteiger partial charge is 0.159 e. The van der Waals surface area contributed by atoms with E-state index in [2.05, 4.69) is 31.3 Å². The molecule has 0 spiro atoms. The van der Waals surface area contributed by atoms with Crippen molar-refractivity contribution in [2.24, 2.45) is 5.84 Å². The lowest BCUT2D eigenvalue weighted by Gasteiger charge is -2.25. The van der Waals surface area contributed by atoms with Gasteiger partial charge in [-0.15, -0.1) is 0 Å². The first-order chi connectivity index (χ1) is 7.11. The molecule has 1 aromatic rings. The highest BCUT2D eigenvalue weighted by Gasteiger charge is 2.15. The molecule has 7 heteroatoms. The Morgan fingerprint density at radius 2 is 2.33 bits per heavy atom. The second-order valence-corrected chi connectivity index (χ2v) is 3.94. The molecule has 4 N–H and O–H groups in total. The average Bonchev–Trinajstić information content (AvgIpc) is 2.27. The van der Waals surface area contributed by atoms with E-state index in [0.717, 1.165) is 0 Å². The Kier molecular flexibility index (Phi) is 4.25. The first kappa shape index (κ1) is 12.2. The van der Waals surface area contributed by atoms with Crippen molar-refractivity contribution in [2.45, 2.75) is 13.0 Å². The van der Waals surface area contributed by atoms with Crippen LogP contribution in [0.4, 0.5) is 11.6 Å². The number of nitrogens with one attached hydrogen (secondary N) is 1. The number of nitrogen functional groups attached to an aromatic ring is 1. The third-order valence-electron chi connectivity index (χ3n) is 2.17. The van der Waals surface area contributed by atoms with Crippen molar-refractivity contribution in [1.29, 1.82) is 0 Å². The zero-order chi connectivity index (χ0) is 11.4. The number of rotatable bonds is 4. The van der Waals surface area contributed by atoms with E-state index < -0.39 is 0 Å². The molecule has 0 fully saturated rings. The Hall–Kier alpha value is -0.920. The number of halogens is 1. The molecular weight excluding hydrogens is 262 g/mol. The van der Waals surface area contributed by atoms with Crippen LogP contribution in [0.1, 0.15) is 6.92 Å². The van der Waals surface area contributed by atoms with Crippen LogP contribution in [-0.4, -0.2) is 34.8 Å². The summed E-state index contributed by atoms with van der Waals surface area (Å²) in [7, 11) is 1.84. The molecule has 0 bridgehead atoms. The van der Waals surface area contributed by atoms with Crippen LogP contribution in [0.2, 0.25) is 0 Å². The summed E-state index contributed by atoms with van der Waals surface area (Å²) < 4.78 is 0.676. The van der Waals surface area contributed by atoms with Crippen LogP contribution in [0.3, 0.4) is 0 Å². The molecule has 1 heterocycles. The van der Waals surface area contributed by atoms with Gasteiger partial charge in [-0.05, 0) is 22.9 Å². The molecule has 1 rings (SSSR count). The van der Waals surface area contributed by atoms with Gasteiger partial charge in [0.1, 0.15) is 16.6 Å². The standard InChI is InChI=1S/C8H14BrN5O/c1-5(3-15)14(2)8-6(9)7(13-10)11-4-12-8/h4-5,15H,3,10H2,1-2H3,(H,11,12,13). The Balaban J connectivity index is 3.03. The molecule has 84 valence electrons. The van der Waals surface area contributed by atoms with E-state index in [-0.39, 0.29) is 12.6 Å². The molecule has 0 aliphatic rings. The third kappa shape index (κ3) is 2.55. The zero-order valence-electron chi connectivity index (χ0n) is 8.61. The van der Waals surface area contributed by atoms with Crippen molar-refractivity contribution in [3.63, 3.8) is 0 Å². The summed E-state index contributed by atoms with van der Waals surface area (Å²) >= 11 is 3.35. The van der Waals surface area contributed by atoms with Crippen molar-refractivity contribution >= 4 is 27.6 Å². The van der Waals surface area contributed by atoms with Crippen LogP contribution >= 0.6 is 15.9 Å². The van der Waals surface area contributed by atoms with E-state index >= 15 is 0 Å². The summed E-state index contributed by atoms with van der Waals surface area (Å²) in [6.07, 6.45) is 1.41. The minimum absolute atomic E-state index is 0.0261. The number of nitrogens with two attached hydrogens (primary N) is 1. The summed E-state index contributed by atoms with van der Waals surface area (Å²) in [6, 6.07) is -0.0261. The van der Waals surface area contributed by atoms with E-state index in [1.807, 2.05) is 18.9 Å². The highest BCUT2D eigenvalue weighted by molar-refractivity contribution is 9.10. The van der Waals surface area contributed by atoms with Gasteiger partial charge in [-0.2, -0.15) is 0 Å². The fraction of sp³-hybridized carbons (Fsp3) is 0.500. The Morgan fingerprint density at radius 1 is 1.67 bits per heavy atom. The highest BCUT2D eigenvalue weighted by Crippen LogP contribution is 2.28. The van der Waals surface area contributed by atoms with Gasteiger partial charge in [0.2, 0.25) is 0 Å². The second-order valence-electron chi connectivity index (χ2n) is 3.15. The monoisotopic (exact) mass is 275 g/mol. The minimum Gasteiger partial charge on any atom is -0.394 e. The Labute approximate surface area is 96.6 Å². The molecule has 0 aromatic carbocycles. The average molecular weight is 276 g/mol. The second kappa shape index (κ2) is 5.24. The van der Waals surface area contributed by atoms with Crippen LogP contribution in [0.5, 0.6) is 0 Å². The fourth-order valence-corrected chi connectivity index (χ4v) is 1.64. The molecule has 15 heavy (non-hydrogen) atoms. The van der Waals surface area contributed by atoms with Gasteiger partial charge in [-0.25, -0.2) is 15.8 Å². The van der Waals surface area contributed by atoms with Gasteiger partial charge in [0, 0.05) is 7.05 Å². The van der Waals surface area contributed by atoms with Crippen LogP contribution in [0, 0.1) is 0 Å². The van der Waals surface area contributed by atoms with Crippen molar-refractivity contribution < 1.29 is 5.11 Å². The van der Waals surface area contributed by atoms with Crippen LogP contribution in [0.25, 0.3) is 0 Å². The summed E-state index contributed by atoms with van der Waals surface area (Å²) in [5.41, 5.74) is 2.46. The SMILES string of the molecule is CC(CO)N(C)c1ncnc(NN)c1Br. The van der Waals surface area contributed by atoms with E-state index in [4.69, 9.17) is 10.9 Å². The minimum atomic E-state index is -0.0261. The van der Waals surface area contributed by atoms with E-state index in [0.29, 0.717) is 16.1 Å². The number of aliphatic hydroxyl groups excluding tert-OH is 1. The number of anilines is 2. The molecule has 6 nitrogen and oxygen atoms in total. The van der Waals surface area contributed by atoms with Crippen molar-refractivity contribution in [3.8, 4) is 0 Å². The molecule has 0 aliphatic heterocycles. The molecule has 0 radical (unpaired) electrons. The molecule has 1 aromatic heterocycles. The quantitative estimate of drug-likeness (QED) is 0.543. The summed E-state index contributed by atoms with van der Waals surface area (Å²) in [6.45, 7) is 1.95. The topological polar surface area (TPSA) is 87.3 Å². The van der Waals surface area contributed by atoms with Crippen molar-refractivity contribution in [3.05, 3.63) is 10.8 Å². The van der Waals surface area contributed by atoms with Crippen LogP contribution in [0.15, 0.2) is 10.8 Å². The number of hydrogen-bond donors (Lipinski definition) is 3. The van der Waals surface area contributed by atoms with Gasteiger partial charge < -0.3 is 15.4 Å². The number of likely N-dealkylation sites (N-methyl/N-ethyl adjacent to an activating group) is 1. The van der Waals surface area contributed by atoms with Gasteiger partial charge in [-0.3, -0.25) is 0 Å². The summed E-state index contributed by atoms with van der Waals surface area (Å²) in [5.74, 6) is 6.48. The van der Waals surface area contributed by atoms with Crippen LogP contribution < -0.4 is 16.2 Å². The first-order valence-corrected chi connectivity index (χ1v) is 5.22. The molecule has 1 atom stereocenters. The summed E-state index contributed by atoms with van der Waals surface area (Å²) in [5, 5.41) is 9.04. The van der Waals surface area contributed by atoms with Gasteiger partial charge in [0.25, 0.3) is 0 Å². The molecule has 0 aliphatic carbocycles. The molecular formula is C8H14BrN5O. The maximum Gasteiger partial charge on any atom is 0.159 e. The number of aliphatic hydroxyl groups is 1. The lowest BCUT2D eigenvalue weighted by molar-refractivity contribution is 0.269. The van der Waals surface area contributed by atoms with Crippen LogP contribution in [-0.2, 0) is 0 Å². The van der Waals surface area contributed by atoms with E-state index in [1.54, 1.807) is 0 Å². The number of nitrogens with zero attached hydrogens (tertiary/aromatic N) is 3. The van der Waals surface area contributed by atoms with Crippen molar-refractivity contribution in [1.82, 2.24) is 9.97 Å². The normalized spacial score (nSPS) is 12.3. The largest absolute Gasteiger partial charge is 0.394 e. The van der Waals surface area contributed by atoms with E-state index in [1.165, 1.54) is 6.33 Å². The molecule has 1 unspecified atom stereocenters. The highest BCUT2D eigenvalue weighted by atomic mass is 79.9. The van der Waals surface area contributed by atoms with Crippen molar-refractivity contribution in [2.75, 3.05) is 24.0 Å². The third-order valence-corrected chi connectivity index (χ3v) is 2.90. The Morgan fingerprint density at radius 3 is 2.87 bits per heavy atom. The first-order valence-electron chi connectivity index (χ1n) is 4.42. The van der Waals surface area contributed by atoms with Gasteiger partial charge in [0.05, 0.1) is 12.6 Å². The predicted octanol–water partition coefficient (Wildman–Crippen LogP) is 0.342. The Bertz CT molecular complexity index is 335. The number of hydrogen-bond acceptors (Lipinski definition) is 6. The van der Waals surface area contributed by atoms with Gasteiger partial charge in [0.15, 0.2) is 5.82 Å². The molecule has 0 saturated heterocycles. The number of aromatic nitrogens is 2. The maximum absolute atomic E-state index is 9.04. The van der Waals surface area contributed by atoms with Gasteiger partial charge in [-0.1, -0.05) is 0 Å². The zero-order valence-corrected chi connectivity index (χ0v) is 10.2. The fourth-order valence-electron chi connectivity index (χ4n) is 1.04. The lowest BCUT2D eigenvalue weighted by atomic mass is 10.3. The van der Waals surface area contributed by atoms with E-state index in [9.17, 15) is 0 Å². The maximum atomic E-state index is 9.04. The van der Waals surface area contributed by atoms with Gasteiger partial charge >= 0.3 is 0 Å². The molecule has 0 amide bonds. The summed E-state index contributed by atoms with van der Waals surface area (Å²) in [4.78, 5) is 9.90. The lowest BCUT2D eigenvalue weighted by Crippen LogP contribution is -2.33. The number of hydrazine groups is 1. The predicted molar refractivity (Wildman–Crippen MR) is 62.5 cm³/mol.